The molecule has 0 aromatic carbocycles. The zero-order valence-electron chi connectivity index (χ0n) is 21.2. The number of aliphatic hydroxyl groups excluding tert-OH is 1. The molecular weight excluding hydrogens is 402 g/mol. The maximum atomic E-state index is 12.0. The maximum absolute atomic E-state index is 12.0. The fourth-order valence-corrected chi connectivity index (χ4v) is 3.38. The highest BCUT2D eigenvalue weighted by molar-refractivity contribution is 5.69. The second-order valence-corrected chi connectivity index (χ2v) is 8.84. The average Bonchev–Trinajstić information content (AvgIpc) is 2.77. The van der Waals surface area contributed by atoms with Crippen LogP contribution in [0.5, 0.6) is 0 Å². The highest BCUT2D eigenvalue weighted by Gasteiger charge is 2.15. The van der Waals surface area contributed by atoms with Crippen LogP contribution in [0.3, 0.4) is 0 Å². The summed E-state index contributed by atoms with van der Waals surface area (Å²) < 4.78 is 11.0. The summed E-state index contributed by atoms with van der Waals surface area (Å²) in [6.07, 6.45) is 24.9. The van der Waals surface area contributed by atoms with Crippen LogP contribution >= 0.6 is 0 Å². The van der Waals surface area contributed by atoms with Crippen molar-refractivity contribution < 1.29 is 19.4 Å². The molecule has 188 valence electrons. The Morgan fingerprint density at radius 3 is 2.16 bits per heavy atom. The van der Waals surface area contributed by atoms with E-state index in [1.54, 1.807) is 0 Å². The molecule has 1 atom stereocenters. The molecule has 32 heavy (non-hydrogen) atoms. The number of carbonyl (C=O) groups excluding carboxylic acids is 1. The van der Waals surface area contributed by atoms with E-state index >= 15 is 0 Å². The molecule has 0 radical (unpaired) electrons. The van der Waals surface area contributed by atoms with E-state index in [-0.39, 0.29) is 25.3 Å². The van der Waals surface area contributed by atoms with E-state index in [1.807, 2.05) is 19.0 Å². The first kappa shape index (κ1) is 30.8. The normalized spacial score (nSPS) is 12.9. The number of hydrogen-bond donors (Lipinski definition) is 1. The van der Waals surface area contributed by atoms with Gasteiger partial charge in [-0.1, -0.05) is 69.8 Å². The molecule has 1 unspecified atom stereocenters. The van der Waals surface area contributed by atoms with Gasteiger partial charge in [-0.05, 0) is 59.0 Å². The van der Waals surface area contributed by atoms with Gasteiger partial charge in [-0.3, -0.25) is 4.79 Å². The third kappa shape index (κ3) is 23.5. The van der Waals surface area contributed by atoms with Crippen molar-refractivity contribution >= 4 is 5.97 Å². The number of allylic oxidation sites excluding steroid dienone is 4. The number of esters is 1. The first-order valence-electron chi connectivity index (χ1n) is 12.9. The van der Waals surface area contributed by atoms with E-state index in [2.05, 4.69) is 31.2 Å². The fourth-order valence-electron chi connectivity index (χ4n) is 3.38. The van der Waals surface area contributed by atoms with Crippen molar-refractivity contribution in [1.82, 2.24) is 4.90 Å². The van der Waals surface area contributed by atoms with E-state index in [4.69, 9.17) is 14.6 Å². The van der Waals surface area contributed by atoms with Crippen LogP contribution in [0.15, 0.2) is 24.3 Å². The van der Waals surface area contributed by atoms with Gasteiger partial charge in [-0.15, -0.1) is 0 Å². The van der Waals surface area contributed by atoms with Gasteiger partial charge in [-0.25, -0.2) is 0 Å². The van der Waals surface area contributed by atoms with Crippen LogP contribution in [0.1, 0.15) is 96.8 Å². The lowest BCUT2D eigenvalue weighted by atomic mass is 10.1. The van der Waals surface area contributed by atoms with Crippen molar-refractivity contribution in [2.75, 3.05) is 40.5 Å². The van der Waals surface area contributed by atoms with Crippen molar-refractivity contribution in [1.29, 1.82) is 0 Å². The number of carbonyl (C=O) groups is 1. The van der Waals surface area contributed by atoms with Gasteiger partial charge in [0.1, 0.15) is 6.10 Å². The van der Waals surface area contributed by atoms with Gasteiger partial charge >= 0.3 is 5.97 Å². The topological polar surface area (TPSA) is 59.0 Å². The lowest BCUT2D eigenvalue weighted by Crippen LogP contribution is -2.26. The van der Waals surface area contributed by atoms with Crippen LogP contribution in [-0.4, -0.2) is 62.5 Å². The van der Waals surface area contributed by atoms with Crippen LogP contribution in [0.4, 0.5) is 0 Å². The van der Waals surface area contributed by atoms with Crippen LogP contribution in [0.2, 0.25) is 0 Å². The first-order valence-corrected chi connectivity index (χ1v) is 12.9. The van der Waals surface area contributed by atoms with Gasteiger partial charge in [-0.2, -0.15) is 0 Å². The molecule has 0 aromatic heterocycles. The minimum absolute atomic E-state index is 0.00771. The highest BCUT2D eigenvalue weighted by atomic mass is 16.6. The number of aliphatic hydroxyl groups is 1. The SMILES string of the molecule is CCCCCC=CCC=CCCCCCCCCC(COCCO)OC(=O)CCN(C)C. The van der Waals surface area contributed by atoms with Crippen LogP contribution in [0, 0.1) is 0 Å². The third-order valence-electron chi connectivity index (χ3n) is 5.33. The summed E-state index contributed by atoms with van der Waals surface area (Å²) in [6, 6.07) is 0. The molecule has 0 aliphatic rings. The maximum Gasteiger partial charge on any atom is 0.307 e. The molecule has 5 heteroatoms. The molecule has 0 spiro atoms. The monoisotopic (exact) mass is 453 g/mol. The standard InChI is InChI=1S/C27H51NO4/c1-4-5-6-7-8-9-10-11-12-13-14-15-16-17-18-19-20-26(25-31-24-23-29)32-27(30)21-22-28(2)3/h8-9,11-12,26,29H,4-7,10,13-25H2,1-3H3. The Morgan fingerprint density at radius 2 is 1.53 bits per heavy atom. The Kier molecular flexibility index (Phi) is 23.6. The van der Waals surface area contributed by atoms with Gasteiger partial charge in [0.15, 0.2) is 0 Å². The second-order valence-electron chi connectivity index (χ2n) is 8.84. The number of nitrogens with zero attached hydrogens (tertiary/aromatic N) is 1. The number of unbranched alkanes of at least 4 members (excludes halogenated alkanes) is 9. The Labute approximate surface area is 198 Å². The zero-order chi connectivity index (χ0) is 23.7. The van der Waals surface area contributed by atoms with E-state index < -0.39 is 0 Å². The number of ether oxygens (including phenoxy) is 2. The van der Waals surface area contributed by atoms with E-state index in [0.717, 1.165) is 25.7 Å². The minimum atomic E-state index is -0.206. The summed E-state index contributed by atoms with van der Waals surface area (Å²) in [4.78, 5) is 14.0. The number of rotatable bonds is 23. The van der Waals surface area contributed by atoms with Crippen LogP contribution in [0.25, 0.3) is 0 Å². The van der Waals surface area contributed by atoms with E-state index in [9.17, 15) is 4.79 Å². The van der Waals surface area contributed by atoms with Crippen molar-refractivity contribution in [2.45, 2.75) is 103 Å². The summed E-state index contributed by atoms with van der Waals surface area (Å²) in [5.74, 6) is -0.170. The Bertz CT molecular complexity index is 463. The summed E-state index contributed by atoms with van der Waals surface area (Å²) in [5.41, 5.74) is 0. The van der Waals surface area contributed by atoms with Crippen LogP contribution in [-0.2, 0) is 14.3 Å². The molecule has 0 saturated heterocycles. The second kappa shape index (κ2) is 24.5. The summed E-state index contributed by atoms with van der Waals surface area (Å²) in [5, 5.41) is 8.89. The van der Waals surface area contributed by atoms with Gasteiger partial charge in [0.2, 0.25) is 0 Å². The molecule has 0 aliphatic carbocycles. The van der Waals surface area contributed by atoms with Gasteiger partial charge in [0, 0.05) is 6.54 Å². The van der Waals surface area contributed by atoms with E-state index in [0.29, 0.717) is 19.6 Å². The molecule has 5 nitrogen and oxygen atoms in total. The largest absolute Gasteiger partial charge is 0.460 e. The Hall–Kier alpha value is -1.17. The van der Waals surface area contributed by atoms with E-state index in [1.165, 1.54) is 57.8 Å². The predicted molar refractivity (Wildman–Crippen MR) is 135 cm³/mol. The molecule has 0 aromatic rings. The molecule has 0 rings (SSSR count). The molecule has 0 fully saturated rings. The van der Waals surface area contributed by atoms with Crippen molar-refractivity contribution in [3.63, 3.8) is 0 Å². The third-order valence-corrected chi connectivity index (χ3v) is 5.33. The summed E-state index contributed by atoms with van der Waals surface area (Å²) >= 11 is 0. The van der Waals surface area contributed by atoms with Gasteiger partial charge in [0.25, 0.3) is 0 Å². The lowest BCUT2D eigenvalue weighted by molar-refractivity contribution is -0.153. The molecule has 0 saturated carbocycles. The zero-order valence-corrected chi connectivity index (χ0v) is 21.2. The molecule has 1 N–H and O–H groups in total. The molecule has 0 aliphatic heterocycles. The Balaban J connectivity index is 3.74. The fraction of sp³-hybridized carbons (Fsp3) is 0.815. The van der Waals surface area contributed by atoms with Crippen molar-refractivity contribution in [3.8, 4) is 0 Å². The summed E-state index contributed by atoms with van der Waals surface area (Å²) in [7, 11) is 3.89. The molecular formula is C27H51NO4. The first-order chi connectivity index (χ1) is 15.6. The van der Waals surface area contributed by atoms with Crippen molar-refractivity contribution in [2.24, 2.45) is 0 Å². The van der Waals surface area contributed by atoms with Gasteiger partial charge < -0.3 is 19.5 Å². The minimum Gasteiger partial charge on any atom is -0.460 e. The highest BCUT2D eigenvalue weighted by Crippen LogP contribution is 2.13. The lowest BCUT2D eigenvalue weighted by Gasteiger charge is -2.18. The van der Waals surface area contributed by atoms with Gasteiger partial charge in [0.05, 0.1) is 26.2 Å². The quantitative estimate of drug-likeness (QED) is 0.116. The van der Waals surface area contributed by atoms with Crippen LogP contribution < -0.4 is 0 Å². The van der Waals surface area contributed by atoms with Crippen molar-refractivity contribution in [3.05, 3.63) is 24.3 Å². The molecule has 0 heterocycles. The number of hydrogen-bond acceptors (Lipinski definition) is 5. The molecule has 0 amide bonds. The predicted octanol–water partition coefficient (Wildman–Crippen LogP) is 6.06. The smallest absolute Gasteiger partial charge is 0.307 e. The Morgan fingerprint density at radius 1 is 0.906 bits per heavy atom. The average molecular weight is 454 g/mol. The summed E-state index contributed by atoms with van der Waals surface area (Å²) in [6.45, 7) is 3.58. The molecule has 0 bridgehead atoms.